The molecule has 10 heteroatoms. The minimum absolute atomic E-state index is 0.0125. The molecule has 4 nitrogen and oxygen atoms in total. The van der Waals surface area contributed by atoms with Crippen molar-refractivity contribution < 1.29 is 36.6 Å². The number of hydrogen-bond donors (Lipinski definition) is 2. The van der Waals surface area contributed by atoms with Crippen LogP contribution in [-0.2, 0) is 12.4 Å². The summed E-state index contributed by atoms with van der Waals surface area (Å²) in [6, 6.07) is 4.92. The van der Waals surface area contributed by atoms with Gasteiger partial charge < -0.3 is 10.2 Å². The molecule has 0 amide bonds. The van der Waals surface area contributed by atoms with Crippen LogP contribution in [0.15, 0.2) is 46.4 Å². The SMILES string of the molecule is C/C(=N\CC/N=C(\C)c1cc(C(F)(F)F)ccc1O)c1cc(C(F)(F)F)ccc1O. The van der Waals surface area contributed by atoms with Crippen LogP contribution >= 0.6 is 0 Å². The number of halogens is 6. The zero-order chi connectivity index (χ0) is 22.7. The monoisotopic (exact) mass is 432 g/mol. The number of hydrogen-bond acceptors (Lipinski definition) is 4. The van der Waals surface area contributed by atoms with Crippen LogP contribution in [0.4, 0.5) is 26.3 Å². The predicted octanol–water partition coefficient (Wildman–Crippen LogP) is 5.45. The number of alkyl halides is 6. The summed E-state index contributed by atoms with van der Waals surface area (Å²) in [4.78, 5) is 8.13. The van der Waals surface area contributed by atoms with Crippen molar-refractivity contribution in [1.29, 1.82) is 0 Å². The Kier molecular flexibility index (Phi) is 6.79. The van der Waals surface area contributed by atoms with E-state index in [4.69, 9.17) is 0 Å². The predicted molar refractivity (Wildman–Crippen MR) is 100 cm³/mol. The highest BCUT2D eigenvalue weighted by atomic mass is 19.4. The van der Waals surface area contributed by atoms with Crippen LogP contribution in [0, 0.1) is 0 Å². The van der Waals surface area contributed by atoms with E-state index in [0.717, 1.165) is 36.4 Å². The number of nitrogens with zero attached hydrogens (tertiary/aromatic N) is 2. The molecule has 2 aromatic carbocycles. The van der Waals surface area contributed by atoms with Gasteiger partial charge in [-0.3, -0.25) is 9.98 Å². The third-order valence-corrected chi connectivity index (χ3v) is 4.23. The van der Waals surface area contributed by atoms with Crippen LogP contribution in [-0.4, -0.2) is 34.7 Å². The topological polar surface area (TPSA) is 65.2 Å². The van der Waals surface area contributed by atoms with Gasteiger partial charge in [0.2, 0.25) is 0 Å². The van der Waals surface area contributed by atoms with Crippen LogP contribution in [0.3, 0.4) is 0 Å². The first-order valence-electron chi connectivity index (χ1n) is 8.64. The van der Waals surface area contributed by atoms with E-state index in [0.29, 0.717) is 0 Å². The second-order valence-electron chi connectivity index (χ2n) is 6.39. The van der Waals surface area contributed by atoms with Gasteiger partial charge in [0.15, 0.2) is 0 Å². The first-order valence-corrected chi connectivity index (χ1v) is 8.64. The summed E-state index contributed by atoms with van der Waals surface area (Å²) in [5.41, 5.74) is -1.73. The molecule has 0 aromatic heterocycles. The summed E-state index contributed by atoms with van der Waals surface area (Å²) in [6.45, 7) is 2.87. The quantitative estimate of drug-likeness (QED) is 0.375. The Balaban J connectivity index is 2.15. The molecule has 2 N–H and O–H groups in total. The molecule has 0 saturated carbocycles. The Morgan fingerprint density at radius 2 is 1.03 bits per heavy atom. The van der Waals surface area contributed by atoms with E-state index in [1.807, 2.05) is 0 Å². The summed E-state index contributed by atoms with van der Waals surface area (Å²) >= 11 is 0. The molecule has 2 aromatic rings. The number of rotatable bonds is 5. The van der Waals surface area contributed by atoms with Crippen molar-refractivity contribution in [1.82, 2.24) is 0 Å². The molecule has 30 heavy (non-hydrogen) atoms. The molecule has 0 unspecified atom stereocenters. The summed E-state index contributed by atoms with van der Waals surface area (Å²) < 4.78 is 76.9. The molecule has 2 rings (SSSR count). The van der Waals surface area contributed by atoms with Crippen molar-refractivity contribution in [2.45, 2.75) is 26.2 Å². The van der Waals surface area contributed by atoms with E-state index >= 15 is 0 Å². The maximum absolute atomic E-state index is 12.8. The second kappa shape index (κ2) is 8.76. The van der Waals surface area contributed by atoms with Crippen LogP contribution in [0.1, 0.15) is 36.1 Å². The third kappa shape index (κ3) is 5.74. The molecule has 0 bridgehead atoms. The van der Waals surface area contributed by atoms with E-state index in [1.165, 1.54) is 13.8 Å². The molecule has 0 aliphatic rings. The van der Waals surface area contributed by atoms with E-state index in [-0.39, 0.29) is 47.1 Å². The van der Waals surface area contributed by atoms with Gasteiger partial charge in [-0.05, 0) is 50.2 Å². The van der Waals surface area contributed by atoms with Crippen molar-refractivity contribution >= 4 is 11.4 Å². The first kappa shape index (κ1) is 23.2. The summed E-state index contributed by atoms with van der Waals surface area (Å²) in [6.07, 6.45) is -9.14. The van der Waals surface area contributed by atoms with Crippen molar-refractivity contribution in [2.24, 2.45) is 9.98 Å². The number of phenols is 2. The lowest BCUT2D eigenvalue weighted by Gasteiger charge is -2.11. The van der Waals surface area contributed by atoms with Gasteiger partial charge in [-0.25, -0.2) is 0 Å². The minimum Gasteiger partial charge on any atom is -0.507 e. The maximum Gasteiger partial charge on any atom is 0.416 e. The summed E-state index contributed by atoms with van der Waals surface area (Å²) in [5.74, 6) is -0.726. The highest BCUT2D eigenvalue weighted by Crippen LogP contribution is 2.33. The van der Waals surface area contributed by atoms with Gasteiger partial charge in [0.1, 0.15) is 11.5 Å². The molecular formula is C20H18F6N2O2. The molecule has 0 atom stereocenters. The molecule has 0 saturated heterocycles. The molecular weight excluding hydrogens is 414 g/mol. The normalized spacial score (nSPS) is 13.6. The Morgan fingerprint density at radius 3 is 1.33 bits per heavy atom. The third-order valence-electron chi connectivity index (χ3n) is 4.23. The lowest BCUT2D eigenvalue weighted by atomic mass is 10.1. The van der Waals surface area contributed by atoms with E-state index < -0.39 is 23.5 Å². The zero-order valence-electron chi connectivity index (χ0n) is 15.9. The first-order chi connectivity index (χ1) is 13.8. The van der Waals surface area contributed by atoms with Gasteiger partial charge in [0, 0.05) is 22.6 Å². The van der Waals surface area contributed by atoms with Crippen LogP contribution in [0.5, 0.6) is 11.5 Å². The lowest BCUT2D eigenvalue weighted by Crippen LogP contribution is -2.08. The van der Waals surface area contributed by atoms with Crippen molar-refractivity contribution in [3.05, 3.63) is 58.7 Å². The second-order valence-corrected chi connectivity index (χ2v) is 6.39. The van der Waals surface area contributed by atoms with Crippen molar-refractivity contribution in [3.8, 4) is 11.5 Å². The van der Waals surface area contributed by atoms with Crippen LogP contribution < -0.4 is 0 Å². The standard InChI is InChI=1S/C20H18F6N2O2/c1-11(15-9-13(19(21,22)23)3-5-17(15)29)27-7-8-28-12(2)16-10-14(20(24,25)26)4-6-18(16)30/h3-6,9-10,29-30H,7-8H2,1-2H3/b27-11+,28-12+. The highest BCUT2D eigenvalue weighted by Gasteiger charge is 2.32. The number of aromatic hydroxyl groups is 2. The van der Waals surface area contributed by atoms with Gasteiger partial charge >= 0.3 is 12.4 Å². The van der Waals surface area contributed by atoms with Gasteiger partial charge in [-0.15, -0.1) is 0 Å². The molecule has 162 valence electrons. The van der Waals surface area contributed by atoms with Gasteiger partial charge in [0.05, 0.1) is 24.2 Å². The molecule has 0 heterocycles. The maximum atomic E-state index is 12.8. The average Bonchev–Trinajstić information content (AvgIpc) is 2.63. The lowest BCUT2D eigenvalue weighted by molar-refractivity contribution is -0.138. The number of phenolic OH excluding ortho intramolecular Hbond substituents is 2. The minimum atomic E-state index is -4.57. The Bertz CT molecular complexity index is 899. The van der Waals surface area contributed by atoms with Gasteiger partial charge in [0.25, 0.3) is 0 Å². The van der Waals surface area contributed by atoms with Crippen molar-refractivity contribution in [2.75, 3.05) is 13.1 Å². The number of benzene rings is 2. The Hall–Kier alpha value is -3.04. The fourth-order valence-electron chi connectivity index (χ4n) is 2.61. The largest absolute Gasteiger partial charge is 0.507 e. The van der Waals surface area contributed by atoms with Gasteiger partial charge in [-0.2, -0.15) is 26.3 Å². The molecule has 0 aliphatic carbocycles. The molecule has 0 fully saturated rings. The molecule has 0 radical (unpaired) electrons. The van der Waals surface area contributed by atoms with Gasteiger partial charge in [-0.1, -0.05) is 0 Å². The van der Waals surface area contributed by atoms with Crippen molar-refractivity contribution in [3.63, 3.8) is 0 Å². The summed E-state index contributed by atoms with van der Waals surface area (Å²) in [7, 11) is 0. The zero-order valence-corrected chi connectivity index (χ0v) is 15.9. The Morgan fingerprint density at radius 1 is 0.700 bits per heavy atom. The average molecular weight is 432 g/mol. The Labute approximate surface area is 168 Å². The van der Waals surface area contributed by atoms with Crippen LogP contribution in [0.25, 0.3) is 0 Å². The summed E-state index contributed by atoms with van der Waals surface area (Å²) in [5, 5.41) is 19.6. The highest BCUT2D eigenvalue weighted by molar-refractivity contribution is 6.02. The van der Waals surface area contributed by atoms with E-state index in [1.54, 1.807) is 0 Å². The fraction of sp³-hybridized carbons (Fsp3) is 0.300. The van der Waals surface area contributed by atoms with E-state index in [2.05, 4.69) is 9.98 Å². The van der Waals surface area contributed by atoms with E-state index in [9.17, 15) is 36.6 Å². The number of aliphatic imine (C=N–C) groups is 2. The molecule has 0 aliphatic heterocycles. The smallest absolute Gasteiger partial charge is 0.416 e. The molecule has 0 spiro atoms. The van der Waals surface area contributed by atoms with Crippen LogP contribution in [0.2, 0.25) is 0 Å². The fourth-order valence-corrected chi connectivity index (χ4v) is 2.61.